The Kier molecular flexibility index (Phi) is 3.92. The molecular weight excluding hydrogens is 234 g/mol. The molecule has 0 saturated carbocycles. The molecule has 0 fully saturated rings. The van der Waals surface area contributed by atoms with Gasteiger partial charge in [-0.05, 0) is 22.9 Å². The van der Waals surface area contributed by atoms with Crippen molar-refractivity contribution < 1.29 is 0 Å². The van der Waals surface area contributed by atoms with Crippen molar-refractivity contribution in [2.24, 2.45) is 11.3 Å². The molecule has 1 heterocycles. The molecule has 3 nitrogen and oxygen atoms in total. The van der Waals surface area contributed by atoms with Gasteiger partial charge < -0.3 is 4.57 Å². The molecule has 1 unspecified atom stereocenters. The lowest BCUT2D eigenvalue weighted by atomic mass is 9.82. The van der Waals surface area contributed by atoms with E-state index in [1.165, 1.54) is 0 Å². The molecule has 0 radical (unpaired) electrons. The monoisotopic (exact) mass is 257 g/mol. The van der Waals surface area contributed by atoms with Gasteiger partial charge in [0.25, 0.3) is 0 Å². The molecule has 0 aromatic carbocycles. The molecule has 0 aliphatic carbocycles. The summed E-state index contributed by atoms with van der Waals surface area (Å²) in [6.07, 6.45) is 0. The SMILES string of the molecule is CC(Cn1c(Cl)nnc1C(C)(C)C)C(C)(C)C. The van der Waals surface area contributed by atoms with Crippen molar-refractivity contribution in [1.29, 1.82) is 0 Å². The van der Waals surface area contributed by atoms with Crippen LogP contribution in [0.2, 0.25) is 5.28 Å². The van der Waals surface area contributed by atoms with Gasteiger partial charge in [-0.2, -0.15) is 0 Å². The summed E-state index contributed by atoms with van der Waals surface area (Å²) in [6.45, 7) is 16.2. The van der Waals surface area contributed by atoms with Gasteiger partial charge in [0.1, 0.15) is 5.82 Å². The third-order valence-corrected chi connectivity index (χ3v) is 3.59. The van der Waals surface area contributed by atoms with Gasteiger partial charge in [0.2, 0.25) is 5.28 Å². The van der Waals surface area contributed by atoms with Crippen LogP contribution in [0.3, 0.4) is 0 Å². The fourth-order valence-corrected chi connectivity index (χ4v) is 1.74. The van der Waals surface area contributed by atoms with E-state index >= 15 is 0 Å². The Morgan fingerprint density at radius 2 is 1.65 bits per heavy atom. The van der Waals surface area contributed by atoms with E-state index in [2.05, 4.69) is 58.7 Å². The van der Waals surface area contributed by atoms with Gasteiger partial charge in [0.15, 0.2) is 0 Å². The summed E-state index contributed by atoms with van der Waals surface area (Å²) in [7, 11) is 0. The Balaban J connectivity index is 3.03. The predicted molar refractivity (Wildman–Crippen MR) is 72.4 cm³/mol. The molecule has 4 heteroatoms. The first-order valence-electron chi connectivity index (χ1n) is 6.12. The molecule has 0 aliphatic rings. The molecular formula is C13H24ClN3. The van der Waals surface area contributed by atoms with Crippen LogP contribution >= 0.6 is 11.6 Å². The molecule has 0 bridgehead atoms. The normalized spacial score (nSPS) is 15.1. The highest BCUT2D eigenvalue weighted by Crippen LogP contribution is 2.30. The third kappa shape index (κ3) is 3.44. The van der Waals surface area contributed by atoms with Crippen LogP contribution in [0.4, 0.5) is 0 Å². The standard InChI is InChI=1S/C13H24ClN3/c1-9(12(2,3)4)8-17-10(13(5,6)7)15-16-11(17)14/h9H,8H2,1-7H3. The molecule has 17 heavy (non-hydrogen) atoms. The van der Waals surface area contributed by atoms with Gasteiger partial charge in [-0.25, -0.2) is 0 Å². The average Bonchev–Trinajstić information content (AvgIpc) is 2.45. The van der Waals surface area contributed by atoms with E-state index in [1.807, 2.05) is 4.57 Å². The summed E-state index contributed by atoms with van der Waals surface area (Å²) in [5.41, 5.74) is 0.223. The predicted octanol–water partition coefficient (Wildman–Crippen LogP) is 3.91. The lowest BCUT2D eigenvalue weighted by Gasteiger charge is -2.29. The maximum absolute atomic E-state index is 6.13. The van der Waals surface area contributed by atoms with Crippen molar-refractivity contribution in [3.8, 4) is 0 Å². The van der Waals surface area contributed by atoms with Gasteiger partial charge in [-0.15, -0.1) is 10.2 Å². The first-order valence-corrected chi connectivity index (χ1v) is 6.50. The average molecular weight is 258 g/mol. The number of halogens is 1. The topological polar surface area (TPSA) is 30.7 Å². The zero-order chi connectivity index (χ0) is 13.4. The van der Waals surface area contributed by atoms with E-state index in [0.29, 0.717) is 11.2 Å². The van der Waals surface area contributed by atoms with Gasteiger partial charge in [-0.3, -0.25) is 0 Å². The Hall–Kier alpha value is -0.570. The lowest BCUT2D eigenvalue weighted by molar-refractivity contribution is 0.228. The van der Waals surface area contributed by atoms with E-state index in [-0.39, 0.29) is 10.8 Å². The van der Waals surface area contributed by atoms with E-state index in [9.17, 15) is 0 Å². The van der Waals surface area contributed by atoms with Crippen molar-refractivity contribution in [2.75, 3.05) is 0 Å². The molecule has 1 aromatic rings. The number of hydrogen-bond acceptors (Lipinski definition) is 2. The number of aromatic nitrogens is 3. The second-order valence-electron chi connectivity index (χ2n) is 6.92. The first kappa shape index (κ1) is 14.5. The molecule has 0 spiro atoms. The zero-order valence-corrected chi connectivity index (χ0v) is 12.8. The van der Waals surface area contributed by atoms with Gasteiger partial charge in [0, 0.05) is 12.0 Å². The minimum absolute atomic E-state index is 0.0300. The Morgan fingerprint density at radius 1 is 1.12 bits per heavy atom. The second-order valence-corrected chi connectivity index (χ2v) is 7.26. The molecule has 98 valence electrons. The van der Waals surface area contributed by atoms with Crippen molar-refractivity contribution in [3.05, 3.63) is 11.1 Å². The van der Waals surface area contributed by atoms with Crippen LogP contribution in [0.1, 0.15) is 54.3 Å². The Bertz CT molecular complexity index is 382. The third-order valence-electron chi connectivity index (χ3n) is 3.31. The van der Waals surface area contributed by atoms with E-state index in [4.69, 9.17) is 11.6 Å². The molecule has 0 saturated heterocycles. The van der Waals surface area contributed by atoms with Gasteiger partial charge in [0.05, 0.1) is 0 Å². The highest BCUT2D eigenvalue weighted by Gasteiger charge is 2.27. The van der Waals surface area contributed by atoms with E-state index < -0.39 is 0 Å². The second kappa shape index (κ2) is 4.60. The van der Waals surface area contributed by atoms with Crippen LogP contribution in [0.25, 0.3) is 0 Å². The van der Waals surface area contributed by atoms with E-state index in [1.54, 1.807) is 0 Å². The van der Waals surface area contributed by atoms with Crippen molar-refractivity contribution in [1.82, 2.24) is 14.8 Å². The van der Waals surface area contributed by atoms with Crippen molar-refractivity contribution >= 4 is 11.6 Å². The van der Waals surface area contributed by atoms with Crippen LogP contribution in [0, 0.1) is 11.3 Å². The zero-order valence-electron chi connectivity index (χ0n) is 12.0. The lowest BCUT2D eigenvalue weighted by Crippen LogP contribution is -2.26. The molecule has 0 amide bonds. The molecule has 1 atom stereocenters. The summed E-state index contributed by atoms with van der Waals surface area (Å²) in [5, 5.41) is 8.69. The maximum Gasteiger partial charge on any atom is 0.225 e. The minimum Gasteiger partial charge on any atom is -0.301 e. The fourth-order valence-electron chi connectivity index (χ4n) is 1.55. The van der Waals surface area contributed by atoms with Crippen LogP contribution < -0.4 is 0 Å². The van der Waals surface area contributed by atoms with Gasteiger partial charge in [-0.1, -0.05) is 48.5 Å². The highest BCUT2D eigenvalue weighted by atomic mass is 35.5. The number of rotatable bonds is 2. The Labute approximate surface area is 110 Å². The molecule has 0 N–H and O–H groups in total. The number of nitrogens with zero attached hydrogens (tertiary/aromatic N) is 3. The summed E-state index contributed by atoms with van der Waals surface area (Å²) < 4.78 is 2.04. The minimum atomic E-state index is -0.0300. The smallest absolute Gasteiger partial charge is 0.225 e. The van der Waals surface area contributed by atoms with Crippen LogP contribution in [-0.4, -0.2) is 14.8 Å². The highest BCUT2D eigenvalue weighted by molar-refractivity contribution is 6.28. The summed E-state index contributed by atoms with van der Waals surface area (Å²) in [5.74, 6) is 1.47. The van der Waals surface area contributed by atoms with Crippen LogP contribution in [0.5, 0.6) is 0 Å². The van der Waals surface area contributed by atoms with Crippen LogP contribution in [-0.2, 0) is 12.0 Å². The van der Waals surface area contributed by atoms with Crippen molar-refractivity contribution in [2.45, 2.75) is 60.4 Å². The summed E-state index contributed by atoms with van der Waals surface area (Å²) in [4.78, 5) is 0. The fraction of sp³-hybridized carbons (Fsp3) is 0.846. The quantitative estimate of drug-likeness (QED) is 0.804. The summed E-state index contributed by atoms with van der Waals surface area (Å²) >= 11 is 6.13. The number of hydrogen-bond donors (Lipinski definition) is 0. The first-order chi connectivity index (χ1) is 7.53. The Morgan fingerprint density at radius 3 is 2.06 bits per heavy atom. The summed E-state index contributed by atoms with van der Waals surface area (Å²) in [6, 6.07) is 0. The van der Waals surface area contributed by atoms with Gasteiger partial charge >= 0.3 is 0 Å². The largest absolute Gasteiger partial charge is 0.301 e. The van der Waals surface area contributed by atoms with Crippen molar-refractivity contribution in [3.63, 3.8) is 0 Å². The van der Waals surface area contributed by atoms with E-state index in [0.717, 1.165) is 12.4 Å². The molecule has 0 aliphatic heterocycles. The molecule has 1 aromatic heterocycles. The maximum atomic E-state index is 6.13. The molecule has 1 rings (SSSR count). The van der Waals surface area contributed by atoms with Crippen LogP contribution in [0.15, 0.2) is 0 Å².